The Kier molecular flexibility index (Phi) is 3.06. The first-order valence-corrected chi connectivity index (χ1v) is 8.16. The zero-order valence-electron chi connectivity index (χ0n) is 12.6. The predicted octanol–water partition coefficient (Wildman–Crippen LogP) is 1.96. The molecule has 2 aliphatic heterocycles. The Balaban J connectivity index is 1.42. The van der Waals surface area contributed by atoms with Crippen LogP contribution in [0.15, 0.2) is 23.8 Å². The van der Waals surface area contributed by atoms with Gasteiger partial charge in [0.2, 0.25) is 0 Å². The normalized spacial score (nSPS) is 48.0. The molecule has 1 N–H and O–H groups in total. The van der Waals surface area contributed by atoms with Crippen LogP contribution in [0.5, 0.6) is 0 Å². The van der Waals surface area contributed by atoms with E-state index in [4.69, 9.17) is 4.74 Å². The average Bonchev–Trinajstić information content (AvgIpc) is 3.00. The summed E-state index contributed by atoms with van der Waals surface area (Å²) in [6, 6.07) is 0.579. The lowest BCUT2D eigenvalue weighted by atomic mass is 9.88. The first-order valence-electron chi connectivity index (χ1n) is 8.16. The van der Waals surface area contributed by atoms with Crippen molar-refractivity contribution in [2.45, 2.75) is 44.9 Å². The maximum Gasteiger partial charge on any atom is 0.0678 e. The molecule has 110 valence electrons. The van der Waals surface area contributed by atoms with Gasteiger partial charge in [0.25, 0.3) is 0 Å². The third-order valence-electron chi connectivity index (χ3n) is 5.63. The summed E-state index contributed by atoms with van der Waals surface area (Å²) in [6.07, 6.45) is 10.7. The maximum atomic E-state index is 5.84. The molecule has 3 nitrogen and oxygen atoms in total. The largest absolute Gasteiger partial charge is 0.373 e. The van der Waals surface area contributed by atoms with E-state index in [1.165, 1.54) is 25.9 Å². The minimum atomic E-state index is 0.364. The number of ether oxygens (including phenoxy) is 1. The van der Waals surface area contributed by atoms with Crippen molar-refractivity contribution in [1.82, 2.24) is 10.2 Å². The Hall–Kier alpha value is -0.640. The minimum absolute atomic E-state index is 0.364. The second-order valence-corrected chi connectivity index (χ2v) is 7.22. The number of piperidine rings is 1. The quantitative estimate of drug-likeness (QED) is 0.833. The van der Waals surface area contributed by atoms with Crippen LogP contribution in [0.4, 0.5) is 0 Å². The van der Waals surface area contributed by atoms with E-state index in [0.717, 1.165) is 19.0 Å². The second-order valence-electron chi connectivity index (χ2n) is 7.22. The summed E-state index contributed by atoms with van der Waals surface area (Å²) in [5, 5.41) is 3.54. The van der Waals surface area contributed by atoms with Crippen molar-refractivity contribution in [1.29, 1.82) is 0 Å². The van der Waals surface area contributed by atoms with Gasteiger partial charge in [-0.15, -0.1) is 0 Å². The van der Waals surface area contributed by atoms with Crippen molar-refractivity contribution in [2.24, 2.45) is 11.3 Å². The standard InChI is InChI=1S/C17H26N2O/c1-12-9-19(10-13(2)20-12)16-5-3-14(4-6-16)17-7-15(17)8-18-11-17/h3-5,12-13,15-16,18H,6-11H2,1-2H3/t12?,13?,15-,16?,17+/m0/s1. The van der Waals surface area contributed by atoms with Gasteiger partial charge in [-0.25, -0.2) is 0 Å². The van der Waals surface area contributed by atoms with Crippen molar-refractivity contribution in [2.75, 3.05) is 26.2 Å². The lowest BCUT2D eigenvalue weighted by Crippen LogP contribution is -2.49. The first kappa shape index (κ1) is 13.1. The molecule has 4 rings (SSSR count). The lowest BCUT2D eigenvalue weighted by Gasteiger charge is -2.40. The molecule has 3 fully saturated rings. The van der Waals surface area contributed by atoms with Gasteiger partial charge in [-0.3, -0.25) is 4.90 Å². The molecule has 0 amide bonds. The van der Waals surface area contributed by atoms with E-state index in [9.17, 15) is 0 Å². The summed E-state index contributed by atoms with van der Waals surface area (Å²) in [5.41, 5.74) is 2.13. The Labute approximate surface area is 122 Å². The van der Waals surface area contributed by atoms with Gasteiger partial charge in [0, 0.05) is 31.1 Å². The second kappa shape index (κ2) is 4.69. The van der Waals surface area contributed by atoms with Crippen molar-refractivity contribution in [3.05, 3.63) is 23.8 Å². The minimum Gasteiger partial charge on any atom is -0.373 e. The van der Waals surface area contributed by atoms with Crippen LogP contribution >= 0.6 is 0 Å². The molecular weight excluding hydrogens is 248 g/mol. The van der Waals surface area contributed by atoms with Gasteiger partial charge in [-0.2, -0.15) is 0 Å². The van der Waals surface area contributed by atoms with E-state index in [0.29, 0.717) is 23.7 Å². The van der Waals surface area contributed by atoms with E-state index in [1.54, 1.807) is 5.57 Å². The smallest absolute Gasteiger partial charge is 0.0678 e. The highest BCUT2D eigenvalue weighted by Gasteiger charge is 2.58. The van der Waals surface area contributed by atoms with Gasteiger partial charge in [-0.1, -0.05) is 18.2 Å². The molecule has 3 heteroatoms. The van der Waals surface area contributed by atoms with E-state index in [2.05, 4.69) is 42.3 Å². The molecule has 20 heavy (non-hydrogen) atoms. The highest BCUT2D eigenvalue weighted by Crippen LogP contribution is 2.60. The molecule has 0 aromatic carbocycles. The first-order chi connectivity index (χ1) is 9.67. The predicted molar refractivity (Wildman–Crippen MR) is 80.6 cm³/mol. The number of fused-ring (bicyclic) bond motifs is 1. The van der Waals surface area contributed by atoms with Crippen LogP contribution in [0, 0.1) is 11.3 Å². The van der Waals surface area contributed by atoms with E-state index < -0.39 is 0 Å². The molecular formula is C17H26N2O. The number of hydrogen-bond acceptors (Lipinski definition) is 3. The van der Waals surface area contributed by atoms with Crippen LogP contribution in [0.1, 0.15) is 26.7 Å². The zero-order chi connectivity index (χ0) is 13.7. The summed E-state index contributed by atoms with van der Waals surface area (Å²) >= 11 is 0. The van der Waals surface area contributed by atoms with E-state index in [1.807, 2.05) is 0 Å². The van der Waals surface area contributed by atoms with Crippen LogP contribution in [0.3, 0.4) is 0 Å². The van der Waals surface area contributed by atoms with Gasteiger partial charge in [0.05, 0.1) is 12.2 Å². The van der Waals surface area contributed by atoms with Crippen LogP contribution in [-0.2, 0) is 4.74 Å². The number of rotatable bonds is 2. The highest BCUT2D eigenvalue weighted by molar-refractivity contribution is 5.39. The van der Waals surface area contributed by atoms with Crippen LogP contribution in [0.25, 0.3) is 0 Å². The average molecular weight is 274 g/mol. The number of allylic oxidation sites excluding steroid dienone is 1. The van der Waals surface area contributed by atoms with Gasteiger partial charge >= 0.3 is 0 Å². The molecule has 0 aromatic heterocycles. The number of nitrogens with zero attached hydrogens (tertiary/aromatic N) is 1. The summed E-state index contributed by atoms with van der Waals surface area (Å²) < 4.78 is 5.84. The molecule has 2 aliphatic carbocycles. The van der Waals surface area contributed by atoms with Crippen molar-refractivity contribution < 1.29 is 4.74 Å². The molecule has 0 bridgehead atoms. The summed E-state index contributed by atoms with van der Waals surface area (Å²) in [5.74, 6) is 0.915. The fourth-order valence-corrected chi connectivity index (χ4v) is 4.53. The number of hydrogen-bond donors (Lipinski definition) is 1. The molecule has 0 aromatic rings. The molecule has 2 heterocycles. The lowest BCUT2D eigenvalue weighted by molar-refractivity contribution is -0.0751. The zero-order valence-corrected chi connectivity index (χ0v) is 12.6. The molecule has 2 saturated heterocycles. The van der Waals surface area contributed by atoms with Crippen LogP contribution in [-0.4, -0.2) is 49.3 Å². The molecule has 4 aliphatic rings. The molecule has 3 unspecified atom stereocenters. The SMILES string of the molecule is CC1CN(C2C=CC([C@@]34CNC[C@@H]3C4)=CC2)CC(C)O1. The Morgan fingerprint density at radius 2 is 2.10 bits per heavy atom. The molecule has 0 radical (unpaired) electrons. The summed E-state index contributed by atoms with van der Waals surface area (Å²) in [6.45, 7) is 8.94. The van der Waals surface area contributed by atoms with E-state index in [-0.39, 0.29) is 0 Å². The summed E-state index contributed by atoms with van der Waals surface area (Å²) in [4.78, 5) is 2.59. The van der Waals surface area contributed by atoms with Crippen molar-refractivity contribution >= 4 is 0 Å². The fourth-order valence-electron chi connectivity index (χ4n) is 4.53. The van der Waals surface area contributed by atoms with Crippen molar-refractivity contribution in [3.63, 3.8) is 0 Å². The molecule has 5 atom stereocenters. The van der Waals surface area contributed by atoms with Gasteiger partial charge in [-0.05, 0) is 44.7 Å². The molecule has 1 saturated carbocycles. The van der Waals surface area contributed by atoms with Crippen LogP contribution < -0.4 is 5.32 Å². The van der Waals surface area contributed by atoms with Crippen LogP contribution in [0.2, 0.25) is 0 Å². The van der Waals surface area contributed by atoms with Gasteiger partial charge < -0.3 is 10.1 Å². The fraction of sp³-hybridized carbons (Fsp3) is 0.765. The highest BCUT2D eigenvalue weighted by atomic mass is 16.5. The van der Waals surface area contributed by atoms with Gasteiger partial charge in [0.15, 0.2) is 0 Å². The summed E-state index contributed by atoms with van der Waals surface area (Å²) in [7, 11) is 0. The Morgan fingerprint density at radius 3 is 2.65 bits per heavy atom. The van der Waals surface area contributed by atoms with E-state index >= 15 is 0 Å². The number of morpholine rings is 1. The third-order valence-corrected chi connectivity index (χ3v) is 5.63. The number of nitrogens with one attached hydrogen (secondary N) is 1. The Morgan fingerprint density at radius 1 is 1.30 bits per heavy atom. The molecule has 0 spiro atoms. The Bertz CT molecular complexity index is 448. The topological polar surface area (TPSA) is 24.5 Å². The van der Waals surface area contributed by atoms with Crippen molar-refractivity contribution in [3.8, 4) is 0 Å². The maximum absolute atomic E-state index is 5.84. The monoisotopic (exact) mass is 274 g/mol. The third kappa shape index (κ3) is 2.07. The van der Waals surface area contributed by atoms with Gasteiger partial charge in [0.1, 0.15) is 0 Å².